The molecule has 2 aromatic carbocycles. The van der Waals surface area contributed by atoms with E-state index in [9.17, 15) is 9.59 Å². The smallest absolute Gasteiger partial charge is 0.337 e. The van der Waals surface area contributed by atoms with Gasteiger partial charge in [0.2, 0.25) is 0 Å². The molecule has 0 radical (unpaired) electrons. The van der Waals surface area contributed by atoms with Crippen molar-refractivity contribution < 1.29 is 14.3 Å². The van der Waals surface area contributed by atoms with E-state index in [0.29, 0.717) is 11.1 Å². The number of ether oxygens (including phenoxy) is 1. The third-order valence-electron chi connectivity index (χ3n) is 2.83. The van der Waals surface area contributed by atoms with Gasteiger partial charge in [-0.1, -0.05) is 24.3 Å². The van der Waals surface area contributed by atoms with Crippen LogP contribution in [0.15, 0.2) is 53.6 Å². The highest BCUT2D eigenvalue weighted by atomic mass is 127. The standard InChI is InChI=1S/C16H13IN2O3/c1-22-16(21)12-8-6-11(7-9-12)10-18-19-15(20)13-4-2-3-5-14(13)17/h2-10H,1H3,(H,19,20)/b18-10-. The summed E-state index contributed by atoms with van der Waals surface area (Å²) in [5.41, 5.74) is 4.26. The van der Waals surface area contributed by atoms with Gasteiger partial charge in [-0.3, -0.25) is 4.79 Å². The molecule has 0 saturated heterocycles. The van der Waals surface area contributed by atoms with Crippen LogP contribution in [-0.4, -0.2) is 25.2 Å². The maximum atomic E-state index is 11.9. The number of hydrazone groups is 1. The van der Waals surface area contributed by atoms with Gasteiger partial charge >= 0.3 is 5.97 Å². The number of esters is 1. The zero-order valence-electron chi connectivity index (χ0n) is 11.7. The zero-order chi connectivity index (χ0) is 15.9. The summed E-state index contributed by atoms with van der Waals surface area (Å²) in [4.78, 5) is 23.3. The van der Waals surface area contributed by atoms with Crippen LogP contribution in [0.3, 0.4) is 0 Å². The number of benzene rings is 2. The first kappa shape index (κ1) is 16.2. The first-order chi connectivity index (χ1) is 10.6. The van der Waals surface area contributed by atoms with Crippen molar-refractivity contribution in [2.24, 2.45) is 5.10 Å². The maximum absolute atomic E-state index is 11.9. The number of hydrogen-bond donors (Lipinski definition) is 1. The van der Waals surface area contributed by atoms with Gasteiger partial charge in [-0.15, -0.1) is 0 Å². The average Bonchev–Trinajstić information content (AvgIpc) is 2.55. The van der Waals surface area contributed by atoms with E-state index in [-0.39, 0.29) is 5.91 Å². The van der Waals surface area contributed by atoms with Gasteiger partial charge in [-0.2, -0.15) is 5.10 Å². The van der Waals surface area contributed by atoms with Gasteiger partial charge in [-0.25, -0.2) is 10.2 Å². The molecule has 6 heteroatoms. The van der Waals surface area contributed by atoms with Crippen molar-refractivity contribution in [3.8, 4) is 0 Å². The average molecular weight is 408 g/mol. The van der Waals surface area contributed by atoms with E-state index < -0.39 is 5.97 Å². The van der Waals surface area contributed by atoms with Gasteiger partial charge in [0, 0.05) is 3.57 Å². The summed E-state index contributed by atoms with van der Waals surface area (Å²) < 4.78 is 5.48. The Morgan fingerprint density at radius 2 is 1.82 bits per heavy atom. The molecule has 0 aromatic heterocycles. The Kier molecular flexibility index (Phi) is 5.65. The van der Waals surface area contributed by atoms with Crippen molar-refractivity contribution in [3.05, 3.63) is 68.8 Å². The molecule has 0 spiro atoms. The molecule has 1 N–H and O–H groups in total. The van der Waals surface area contributed by atoms with Crippen molar-refractivity contribution in [2.75, 3.05) is 7.11 Å². The fourth-order valence-electron chi connectivity index (χ4n) is 1.69. The molecule has 2 rings (SSSR count). The predicted molar refractivity (Wildman–Crippen MR) is 92.0 cm³/mol. The molecule has 5 nitrogen and oxygen atoms in total. The Morgan fingerprint density at radius 3 is 2.45 bits per heavy atom. The van der Waals surface area contributed by atoms with E-state index in [1.54, 1.807) is 36.4 Å². The topological polar surface area (TPSA) is 67.8 Å². The molecule has 0 aliphatic rings. The Morgan fingerprint density at radius 1 is 1.14 bits per heavy atom. The Balaban J connectivity index is 1.99. The van der Waals surface area contributed by atoms with E-state index in [0.717, 1.165) is 9.13 Å². The minimum atomic E-state index is -0.393. The molecule has 2 aromatic rings. The number of carbonyl (C=O) groups excluding carboxylic acids is 2. The first-order valence-electron chi connectivity index (χ1n) is 6.38. The maximum Gasteiger partial charge on any atom is 0.337 e. The predicted octanol–water partition coefficient (Wildman–Crippen LogP) is 2.84. The van der Waals surface area contributed by atoms with Crippen LogP contribution in [0.2, 0.25) is 0 Å². The van der Waals surface area contributed by atoms with Gasteiger partial charge in [-0.05, 0) is 52.4 Å². The number of nitrogens with zero attached hydrogens (tertiary/aromatic N) is 1. The van der Waals surface area contributed by atoms with E-state index in [2.05, 4.69) is 37.9 Å². The summed E-state index contributed by atoms with van der Waals surface area (Å²) in [6.45, 7) is 0. The third kappa shape index (κ3) is 4.14. The van der Waals surface area contributed by atoms with E-state index in [1.165, 1.54) is 13.3 Å². The lowest BCUT2D eigenvalue weighted by Gasteiger charge is -2.02. The van der Waals surface area contributed by atoms with Crippen LogP contribution >= 0.6 is 22.6 Å². The van der Waals surface area contributed by atoms with E-state index in [1.807, 2.05) is 12.1 Å². The van der Waals surface area contributed by atoms with Gasteiger partial charge in [0.25, 0.3) is 5.91 Å². The molecule has 0 aliphatic carbocycles. The SMILES string of the molecule is COC(=O)c1ccc(/C=N\NC(=O)c2ccccc2I)cc1. The fourth-order valence-corrected chi connectivity index (χ4v) is 2.33. The summed E-state index contributed by atoms with van der Waals surface area (Å²) >= 11 is 2.10. The second kappa shape index (κ2) is 7.69. The first-order valence-corrected chi connectivity index (χ1v) is 7.46. The number of nitrogens with one attached hydrogen (secondary N) is 1. The summed E-state index contributed by atoms with van der Waals surface area (Å²) in [5, 5.41) is 3.91. The zero-order valence-corrected chi connectivity index (χ0v) is 13.9. The van der Waals surface area contributed by atoms with Crippen molar-refractivity contribution >= 4 is 40.7 Å². The Hall–Kier alpha value is -2.22. The largest absolute Gasteiger partial charge is 0.465 e. The third-order valence-corrected chi connectivity index (χ3v) is 3.77. The lowest BCUT2D eigenvalue weighted by molar-refractivity contribution is 0.0600. The minimum absolute atomic E-state index is 0.271. The number of hydrogen-bond acceptors (Lipinski definition) is 4. The highest BCUT2D eigenvalue weighted by Gasteiger charge is 2.07. The highest BCUT2D eigenvalue weighted by Crippen LogP contribution is 2.11. The molecule has 0 heterocycles. The van der Waals surface area contributed by atoms with Crippen LogP contribution in [-0.2, 0) is 4.74 Å². The van der Waals surface area contributed by atoms with Crippen molar-refractivity contribution in [3.63, 3.8) is 0 Å². The number of rotatable bonds is 4. The van der Waals surface area contributed by atoms with Gasteiger partial charge < -0.3 is 4.74 Å². The second-order valence-corrected chi connectivity index (χ2v) is 5.45. The normalized spacial score (nSPS) is 10.5. The van der Waals surface area contributed by atoms with Gasteiger partial charge in [0.15, 0.2) is 0 Å². The van der Waals surface area contributed by atoms with E-state index in [4.69, 9.17) is 0 Å². The van der Waals surface area contributed by atoms with Crippen LogP contribution in [0, 0.1) is 3.57 Å². The molecule has 0 atom stereocenters. The van der Waals surface area contributed by atoms with Crippen LogP contribution in [0.5, 0.6) is 0 Å². The number of methoxy groups -OCH3 is 1. The Labute approximate surface area is 141 Å². The van der Waals surface area contributed by atoms with Crippen LogP contribution in [0.25, 0.3) is 0 Å². The number of amides is 1. The Bertz CT molecular complexity index is 712. The quantitative estimate of drug-likeness (QED) is 0.366. The highest BCUT2D eigenvalue weighted by molar-refractivity contribution is 14.1. The van der Waals surface area contributed by atoms with Crippen LogP contribution in [0.1, 0.15) is 26.3 Å². The van der Waals surface area contributed by atoms with Crippen molar-refractivity contribution in [2.45, 2.75) is 0 Å². The van der Waals surface area contributed by atoms with Crippen LogP contribution in [0.4, 0.5) is 0 Å². The van der Waals surface area contributed by atoms with E-state index >= 15 is 0 Å². The molecule has 0 aliphatic heterocycles. The molecular weight excluding hydrogens is 395 g/mol. The lowest BCUT2D eigenvalue weighted by atomic mass is 10.1. The molecule has 0 bridgehead atoms. The molecular formula is C16H13IN2O3. The molecule has 112 valence electrons. The number of halogens is 1. The summed E-state index contributed by atoms with van der Waals surface area (Å²) in [7, 11) is 1.33. The number of carbonyl (C=O) groups is 2. The van der Waals surface area contributed by atoms with Crippen LogP contribution < -0.4 is 5.43 Å². The fraction of sp³-hybridized carbons (Fsp3) is 0.0625. The second-order valence-electron chi connectivity index (χ2n) is 4.29. The molecule has 22 heavy (non-hydrogen) atoms. The summed E-state index contributed by atoms with van der Waals surface area (Å²) in [5.74, 6) is -0.664. The molecule has 0 fully saturated rings. The summed E-state index contributed by atoms with van der Waals surface area (Å²) in [6, 6.07) is 14.0. The molecule has 0 unspecified atom stereocenters. The van der Waals surface area contributed by atoms with Crippen molar-refractivity contribution in [1.29, 1.82) is 0 Å². The van der Waals surface area contributed by atoms with Gasteiger partial charge in [0.05, 0.1) is 24.5 Å². The molecule has 1 amide bonds. The minimum Gasteiger partial charge on any atom is -0.465 e. The summed E-state index contributed by atoms with van der Waals surface area (Å²) in [6.07, 6.45) is 1.51. The lowest BCUT2D eigenvalue weighted by Crippen LogP contribution is -2.18. The van der Waals surface area contributed by atoms with Gasteiger partial charge in [0.1, 0.15) is 0 Å². The monoisotopic (exact) mass is 408 g/mol. The van der Waals surface area contributed by atoms with Crippen molar-refractivity contribution in [1.82, 2.24) is 5.43 Å². The molecule has 0 saturated carbocycles.